The molecule has 2 unspecified atom stereocenters. The molecule has 5 atom stereocenters. The molecule has 3 amide bonds. The second-order valence-corrected chi connectivity index (χ2v) is 16.4. The van der Waals surface area contributed by atoms with Crippen molar-refractivity contribution in [3.05, 3.63) is 36.4 Å². The lowest BCUT2D eigenvalue weighted by Gasteiger charge is -2.39. The second kappa shape index (κ2) is 13.7. The molecule has 1 aromatic carbocycles. The maximum absolute atomic E-state index is 14.2. The van der Waals surface area contributed by atoms with E-state index in [4.69, 9.17) is 14.2 Å². The number of carbonyl (C=O) groups is 3. The number of benzene rings is 1. The number of ether oxygens (including phenoxy) is 3. The fourth-order valence-electron chi connectivity index (χ4n) is 7.56. The topological polar surface area (TPSA) is 173 Å². The van der Waals surface area contributed by atoms with Gasteiger partial charge in [-0.2, -0.15) is 0 Å². The van der Waals surface area contributed by atoms with Crippen molar-refractivity contribution in [1.82, 2.24) is 19.9 Å². The number of pyridine rings is 1. The predicted octanol–water partition coefficient (Wildman–Crippen LogP) is 3.30. The van der Waals surface area contributed by atoms with Gasteiger partial charge in [-0.25, -0.2) is 13.4 Å². The fraction of sp³-hybridized carbons (Fsp3) is 0.611. The van der Waals surface area contributed by atoms with Gasteiger partial charge in [-0.15, -0.1) is 6.58 Å². The zero-order valence-electron chi connectivity index (χ0n) is 29.2. The summed E-state index contributed by atoms with van der Waals surface area (Å²) in [6.07, 6.45) is 4.82. The van der Waals surface area contributed by atoms with Crippen molar-refractivity contribution in [2.75, 3.05) is 20.3 Å². The second-order valence-electron chi connectivity index (χ2n) is 14.5. The molecule has 3 N–H and O–H groups in total. The van der Waals surface area contributed by atoms with Gasteiger partial charge in [-0.3, -0.25) is 19.1 Å². The van der Waals surface area contributed by atoms with Gasteiger partial charge in [-0.05, 0) is 58.1 Å². The Bertz CT molecular complexity index is 1790. The van der Waals surface area contributed by atoms with E-state index in [2.05, 4.69) is 21.6 Å². The Morgan fingerprint density at radius 3 is 2.52 bits per heavy atom. The van der Waals surface area contributed by atoms with Crippen LogP contribution in [-0.2, 0) is 24.4 Å². The van der Waals surface area contributed by atoms with E-state index in [0.29, 0.717) is 60.6 Å². The molecule has 3 aliphatic carbocycles. The Hall–Kier alpha value is -3.91. The minimum Gasteiger partial charge on any atom is -0.496 e. The zero-order valence-corrected chi connectivity index (χ0v) is 30.0. The van der Waals surface area contributed by atoms with E-state index >= 15 is 0 Å². The minimum atomic E-state index is -3.87. The molecule has 1 saturated heterocycles. The van der Waals surface area contributed by atoms with Crippen molar-refractivity contribution in [1.29, 1.82) is 0 Å². The average molecular weight is 713 g/mol. The van der Waals surface area contributed by atoms with Crippen LogP contribution in [-0.4, -0.2) is 90.4 Å². The van der Waals surface area contributed by atoms with Crippen LogP contribution in [0.3, 0.4) is 0 Å². The van der Waals surface area contributed by atoms with Gasteiger partial charge in [0.15, 0.2) is 0 Å². The minimum absolute atomic E-state index is 0.00682. The summed E-state index contributed by atoms with van der Waals surface area (Å²) in [4.78, 5) is 47.8. The van der Waals surface area contributed by atoms with Crippen LogP contribution in [0.25, 0.3) is 10.9 Å². The summed E-state index contributed by atoms with van der Waals surface area (Å²) in [7, 11) is -2.30. The highest BCUT2D eigenvalue weighted by molar-refractivity contribution is 7.91. The van der Waals surface area contributed by atoms with Gasteiger partial charge in [0.25, 0.3) is 11.8 Å². The highest BCUT2D eigenvalue weighted by Gasteiger charge is 2.62. The third-order valence-corrected chi connectivity index (χ3v) is 12.7. The number of hydrogen-bond donors (Lipinski definition) is 3. The van der Waals surface area contributed by atoms with Crippen molar-refractivity contribution in [2.24, 2.45) is 11.3 Å². The Morgan fingerprint density at radius 1 is 1.18 bits per heavy atom. The molecule has 3 saturated carbocycles. The molecule has 2 aromatic rings. The molecule has 2 heterocycles. The van der Waals surface area contributed by atoms with Crippen LogP contribution >= 0.6 is 0 Å². The van der Waals surface area contributed by atoms with Crippen molar-refractivity contribution < 1.29 is 42.1 Å². The van der Waals surface area contributed by atoms with Crippen molar-refractivity contribution in [3.63, 3.8) is 0 Å². The van der Waals surface area contributed by atoms with Gasteiger partial charge in [0, 0.05) is 34.8 Å². The third kappa shape index (κ3) is 6.75. The number of rotatable bonds is 13. The number of likely N-dealkylation sites (tertiary alicyclic amines) is 1. The number of nitrogens with zero attached hydrogens (tertiary/aromatic N) is 2. The number of aliphatic hydroxyl groups excluding tert-OH is 1. The third-order valence-electron chi connectivity index (χ3n) is 10.9. The monoisotopic (exact) mass is 712 g/mol. The van der Waals surface area contributed by atoms with E-state index in [1.165, 1.54) is 11.0 Å². The van der Waals surface area contributed by atoms with Gasteiger partial charge in [0.2, 0.25) is 21.8 Å². The lowest BCUT2D eigenvalue weighted by molar-refractivity contribution is -0.153. The maximum atomic E-state index is 14.2. The first-order chi connectivity index (χ1) is 23.8. The summed E-state index contributed by atoms with van der Waals surface area (Å²) in [5.74, 6) is -1.11. The van der Waals surface area contributed by atoms with Gasteiger partial charge < -0.3 is 29.5 Å². The van der Waals surface area contributed by atoms with Gasteiger partial charge >= 0.3 is 0 Å². The fourth-order valence-corrected chi connectivity index (χ4v) is 8.92. The van der Waals surface area contributed by atoms with E-state index in [9.17, 15) is 27.9 Å². The zero-order chi connectivity index (χ0) is 36.0. The molecule has 13 nitrogen and oxygen atoms in total. The molecule has 6 rings (SSSR count). The number of aromatic nitrogens is 1. The first-order valence-corrected chi connectivity index (χ1v) is 19.1. The van der Waals surface area contributed by atoms with Gasteiger partial charge in [0.05, 0.1) is 31.0 Å². The van der Waals surface area contributed by atoms with Crippen molar-refractivity contribution >= 4 is 38.6 Å². The number of nitrogens with one attached hydrogen (secondary N) is 2. The largest absolute Gasteiger partial charge is 0.496 e. The van der Waals surface area contributed by atoms with Crippen LogP contribution < -0.4 is 24.2 Å². The number of aryl methyl sites for hydroxylation is 1. The van der Waals surface area contributed by atoms with E-state index < -0.39 is 68.1 Å². The van der Waals surface area contributed by atoms with E-state index in [1.54, 1.807) is 13.2 Å². The van der Waals surface area contributed by atoms with Crippen molar-refractivity contribution in [3.8, 4) is 17.4 Å². The average Bonchev–Trinajstić information content (AvgIpc) is 4.02. The highest BCUT2D eigenvalue weighted by atomic mass is 32.2. The number of fused-ring (bicyclic) bond motifs is 1. The number of sulfonamides is 1. The summed E-state index contributed by atoms with van der Waals surface area (Å²) in [5, 5.41) is 14.4. The smallest absolute Gasteiger partial charge is 0.259 e. The summed E-state index contributed by atoms with van der Waals surface area (Å²) >= 11 is 0. The normalized spacial score (nSPS) is 26.5. The molecule has 272 valence electrons. The van der Waals surface area contributed by atoms with Gasteiger partial charge in [-0.1, -0.05) is 32.3 Å². The van der Waals surface area contributed by atoms with Gasteiger partial charge in [0.1, 0.15) is 35.3 Å². The van der Waals surface area contributed by atoms with Crippen LogP contribution in [0, 0.1) is 18.3 Å². The summed E-state index contributed by atoms with van der Waals surface area (Å²) in [6, 6.07) is 4.21. The van der Waals surface area contributed by atoms with Crippen LogP contribution in [0.2, 0.25) is 0 Å². The van der Waals surface area contributed by atoms with Crippen LogP contribution in [0.15, 0.2) is 30.9 Å². The number of aliphatic hydroxyl groups is 1. The number of carbonyl (C=O) groups excluding carboxylic acids is 3. The quantitative estimate of drug-likeness (QED) is 0.262. The van der Waals surface area contributed by atoms with Crippen molar-refractivity contribution in [2.45, 2.75) is 108 Å². The van der Waals surface area contributed by atoms with E-state index in [0.717, 1.165) is 24.8 Å². The van der Waals surface area contributed by atoms with Crippen LogP contribution in [0.1, 0.15) is 77.2 Å². The molecule has 1 aliphatic heterocycles. The molecule has 0 spiro atoms. The van der Waals surface area contributed by atoms with E-state index in [-0.39, 0.29) is 19.4 Å². The standard InChI is InChI=1S/C36H48N4O9S/c1-6-22-19-36(22,34(44)39-50(45,46)24-11-12-24)38-32(42)26-17-23(20-40(26)33(43)31(41)35(4)15-9-8-10-16-35)49-28-18-29(48-7-2)37-30-21(3)27(47-5)14-13-25(28)30/h6,13-14,18,22-24,26,31,41H,1,7-12,15-17,19-20H2,2-5H3,(H,38,42)(H,39,44)/t22?,23-,26+,31?,36-/m1/s1. The Morgan fingerprint density at radius 2 is 1.90 bits per heavy atom. The first-order valence-electron chi connectivity index (χ1n) is 17.5. The summed E-state index contributed by atoms with van der Waals surface area (Å²) in [6.45, 7) is 9.77. The molecule has 1 aromatic heterocycles. The number of hydrogen-bond acceptors (Lipinski definition) is 10. The number of methoxy groups -OCH3 is 1. The predicted molar refractivity (Wildman–Crippen MR) is 185 cm³/mol. The number of amides is 3. The summed E-state index contributed by atoms with van der Waals surface area (Å²) in [5.41, 5.74) is -0.770. The summed E-state index contributed by atoms with van der Waals surface area (Å²) < 4.78 is 45.3. The lowest BCUT2D eigenvalue weighted by Crippen LogP contribution is -2.58. The molecule has 4 aliphatic rings. The SMILES string of the molecule is C=CC1C[C@]1(NC(=O)[C@@H]1C[C@@H](Oc2cc(OCC)nc3c(C)c(OC)ccc23)CN1C(=O)C(O)C1(C)CCCCC1)C(=O)NS(=O)(=O)C1CC1. The molecular formula is C36H48N4O9S. The highest BCUT2D eigenvalue weighted by Crippen LogP contribution is 2.46. The molecule has 50 heavy (non-hydrogen) atoms. The lowest BCUT2D eigenvalue weighted by atomic mass is 9.71. The first kappa shape index (κ1) is 35.9. The Labute approximate surface area is 293 Å². The molecule has 0 bridgehead atoms. The van der Waals surface area contributed by atoms with Crippen LogP contribution in [0.4, 0.5) is 0 Å². The Kier molecular flexibility index (Phi) is 9.81. The Balaban J connectivity index is 1.30. The molecule has 4 fully saturated rings. The molecular weight excluding hydrogens is 664 g/mol. The molecule has 0 radical (unpaired) electrons. The van der Waals surface area contributed by atoms with Crippen LogP contribution in [0.5, 0.6) is 17.4 Å². The maximum Gasteiger partial charge on any atom is 0.259 e. The molecule has 14 heteroatoms. The van der Waals surface area contributed by atoms with E-state index in [1.807, 2.05) is 32.9 Å².